The zero-order valence-corrected chi connectivity index (χ0v) is 9.64. The van der Waals surface area contributed by atoms with E-state index in [0.29, 0.717) is 17.5 Å². The third-order valence-electron chi connectivity index (χ3n) is 2.60. The minimum Gasteiger partial charge on any atom is -0.459 e. The molecule has 0 radical (unpaired) electrons. The van der Waals surface area contributed by atoms with Crippen LogP contribution in [0.25, 0.3) is 11.0 Å². The largest absolute Gasteiger partial charge is 0.459 e. The number of halogens is 1. The van der Waals surface area contributed by atoms with E-state index < -0.39 is 0 Å². The summed E-state index contributed by atoms with van der Waals surface area (Å²) < 4.78 is 19.1. The predicted molar refractivity (Wildman–Crippen MR) is 62.9 cm³/mol. The molecule has 0 saturated heterocycles. The van der Waals surface area contributed by atoms with Crippen LogP contribution in [0.4, 0.5) is 4.39 Å². The Kier molecular flexibility index (Phi) is 3.25. The third-order valence-corrected chi connectivity index (χ3v) is 2.60. The van der Waals surface area contributed by atoms with E-state index in [1.165, 1.54) is 6.07 Å². The number of hydrogen-bond donors (Lipinski definition) is 1. The van der Waals surface area contributed by atoms with E-state index in [-0.39, 0.29) is 5.82 Å². The van der Waals surface area contributed by atoms with Gasteiger partial charge in [-0.25, -0.2) is 4.39 Å². The van der Waals surface area contributed by atoms with Gasteiger partial charge in [0.25, 0.3) is 0 Å². The van der Waals surface area contributed by atoms with Gasteiger partial charge in [0.05, 0.1) is 11.9 Å². The van der Waals surface area contributed by atoms with Gasteiger partial charge >= 0.3 is 0 Å². The lowest BCUT2D eigenvalue weighted by Gasteiger charge is -1.98. The van der Waals surface area contributed by atoms with Gasteiger partial charge in [0.2, 0.25) is 0 Å². The Morgan fingerprint density at radius 3 is 2.88 bits per heavy atom. The van der Waals surface area contributed by atoms with Gasteiger partial charge in [0.15, 0.2) is 0 Å². The second kappa shape index (κ2) is 4.66. The van der Waals surface area contributed by atoms with Crippen LogP contribution in [0.2, 0.25) is 0 Å². The average Bonchev–Trinajstić information content (AvgIpc) is 2.69. The quantitative estimate of drug-likeness (QED) is 0.801. The molecule has 0 unspecified atom stereocenters. The maximum Gasteiger partial charge on any atom is 0.140 e. The second-order valence-electron chi connectivity index (χ2n) is 4.00. The summed E-state index contributed by atoms with van der Waals surface area (Å²) >= 11 is 0. The van der Waals surface area contributed by atoms with E-state index in [0.717, 1.165) is 24.3 Å². The summed E-state index contributed by atoms with van der Waals surface area (Å²) in [5.74, 6) is 0.572. The molecule has 0 spiro atoms. The normalized spacial score (nSPS) is 11.2. The van der Waals surface area contributed by atoms with Crippen molar-refractivity contribution < 1.29 is 8.81 Å². The van der Waals surface area contributed by atoms with Crippen molar-refractivity contribution in [1.29, 1.82) is 0 Å². The molecule has 1 N–H and O–H groups in total. The first-order chi connectivity index (χ1) is 7.72. The highest BCUT2D eigenvalue weighted by Gasteiger charge is 2.09. The third kappa shape index (κ3) is 2.09. The molecule has 0 bridgehead atoms. The highest BCUT2D eigenvalue weighted by atomic mass is 19.1. The lowest BCUT2D eigenvalue weighted by molar-refractivity contribution is 0.512. The van der Waals surface area contributed by atoms with Crippen LogP contribution in [0.15, 0.2) is 22.6 Å². The van der Waals surface area contributed by atoms with Crippen LogP contribution in [-0.2, 0) is 6.54 Å². The minimum atomic E-state index is -0.217. The molecular weight excluding hydrogens is 205 g/mol. The van der Waals surface area contributed by atoms with Crippen LogP contribution in [0.5, 0.6) is 0 Å². The lowest BCUT2D eigenvalue weighted by atomic mass is 10.1. The summed E-state index contributed by atoms with van der Waals surface area (Å²) in [4.78, 5) is 0. The number of hydrogen-bond acceptors (Lipinski definition) is 2. The van der Waals surface area contributed by atoms with Crippen molar-refractivity contribution in [1.82, 2.24) is 5.32 Å². The number of fused-ring (bicyclic) bond motifs is 1. The Morgan fingerprint density at radius 2 is 2.19 bits per heavy atom. The van der Waals surface area contributed by atoms with Gasteiger partial charge in [-0.1, -0.05) is 13.0 Å². The Labute approximate surface area is 94.4 Å². The molecule has 1 aromatic carbocycles. The standard InChI is InChI=1S/C13H16FNO/c1-3-6-15-8-10-7-11-12(14)5-4-9(2)13(11)16-10/h4-5,7,15H,3,6,8H2,1-2H3. The summed E-state index contributed by atoms with van der Waals surface area (Å²) in [5.41, 5.74) is 1.63. The van der Waals surface area contributed by atoms with Gasteiger partial charge in [-0.15, -0.1) is 0 Å². The van der Waals surface area contributed by atoms with Crippen molar-refractivity contribution in [3.8, 4) is 0 Å². The Bertz CT molecular complexity index is 451. The highest BCUT2D eigenvalue weighted by Crippen LogP contribution is 2.25. The number of benzene rings is 1. The van der Waals surface area contributed by atoms with E-state index >= 15 is 0 Å². The summed E-state index contributed by atoms with van der Waals surface area (Å²) in [7, 11) is 0. The molecule has 0 aliphatic heterocycles. The van der Waals surface area contributed by atoms with Crippen molar-refractivity contribution in [3.05, 3.63) is 35.3 Å². The summed E-state index contributed by atoms with van der Waals surface area (Å²) in [6, 6.07) is 5.00. The highest BCUT2D eigenvalue weighted by molar-refractivity contribution is 5.81. The van der Waals surface area contributed by atoms with Gasteiger partial charge in [-0.2, -0.15) is 0 Å². The maximum absolute atomic E-state index is 13.5. The average molecular weight is 221 g/mol. The van der Waals surface area contributed by atoms with Crippen molar-refractivity contribution in [2.45, 2.75) is 26.8 Å². The van der Waals surface area contributed by atoms with Crippen LogP contribution in [-0.4, -0.2) is 6.54 Å². The fraction of sp³-hybridized carbons (Fsp3) is 0.385. The molecule has 0 saturated carbocycles. The van der Waals surface area contributed by atoms with Crippen LogP contribution in [0.1, 0.15) is 24.7 Å². The summed E-state index contributed by atoms with van der Waals surface area (Å²) in [6.07, 6.45) is 1.08. The van der Waals surface area contributed by atoms with Gasteiger partial charge < -0.3 is 9.73 Å². The molecule has 1 heterocycles. The van der Waals surface area contributed by atoms with Crippen molar-refractivity contribution >= 4 is 11.0 Å². The van der Waals surface area contributed by atoms with Gasteiger partial charge in [0.1, 0.15) is 17.2 Å². The van der Waals surface area contributed by atoms with E-state index in [1.54, 1.807) is 12.1 Å². The SMILES string of the molecule is CCCNCc1cc2c(F)ccc(C)c2o1. The topological polar surface area (TPSA) is 25.2 Å². The fourth-order valence-electron chi connectivity index (χ4n) is 1.75. The number of rotatable bonds is 4. The first-order valence-electron chi connectivity index (χ1n) is 5.60. The zero-order chi connectivity index (χ0) is 11.5. The molecule has 0 atom stereocenters. The van der Waals surface area contributed by atoms with Gasteiger partial charge in [0, 0.05) is 0 Å². The monoisotopic (exact) mass is 221 g/mol. The minimum absolute atomic E-state index is 0.217. The van der Waals surface area contributed by atoms with Gasteiger partial charge in [-0.3, -0.25) is 0 Å². The summed E-state index contributed by atoms with van der Waals surface area (Å²) in [6.45, 7) is 5.63. The molecule has 0 aliphatic rings. The van der Waals surface area contributed by atoms with Crippen molar-refractivity contribution in [2.24, 2.45) is 0 Å². The molecule has 2 aromatic rings. The number of aryl methyl sites for hydroxylation is 1. The van der Waals surface area contributed by atoms with E-state index in [1.807, 2.05) is 6.92 Å². The van der Waals surface area contributed by atoms with E-state index in [2.05, 4.69) is 12.2 Å². The summed E-state index contributed by atoms with van der Waals surface area (Å²) in [5, 5.41) is 3.81. The molecule has 16 heavy (non-hydrogen) atoms. The first-order valence-corrected chi connectivity index (χ1v) is 5.60. The van der Waals surface area contributed by atoms with E-state index in [4.69, 9.17) is 4.42 Å². The second-order valence-corrected chi connectivity index (χ2v) is 4.00. The molecule has 86 valence electrons. The molecule has 2 rings (SSSR count). The molecule has 2 nitrogen and oxygen atoms in total. The van der Waals surface area contributed by atoms with Crippen molar-refractivity contribution in [3.63, 3.8) is 0 Å². The molecule has 3 heteroatoms. The zero-order valence-electron chi connectivity index (χ0n) is 9.64. The van der Waals surface area contributed by atoms with Crippen LogP contribution in [0.3, 0.4) is 0 Å². The predicted octanol–water partition coefficient (Wildman–Crippen LogP) is 3.38. The molecule has 0 amide bonds. The smallest absolute Gasteiger partial charge is 0.140 e. The maximum atomic E-state index is 13.5. The Balaban J connectivity index is 2.29. The van der Waals surface area contributed by atoms with Crippen LogP contribution >= 0.6 is 0 Å². The fourth-order valence-corrected chi connectivity index (χ4v) is 1.75. The lowest BCUT2D eigenvalue weighted by Crippen LogP contribution is -2.12. The number of furan rings is 1. The molecule has 1 aromatic heterocycles. The molecule has 0 aliphatic carbocycles. The molecular formula is C13H16FNO. The van der Waals surface area contributed by atoms with Gasteiger partial charge in [-0.05, 0) is 37.6 Å². The Hall–Kier alpha value is -1.35. The van der Waals surface area contributed by atoms with E-state index in [9.17, 15) is 4.39 Å². The molecule has 0 fully saturated rings. The Morgan fingerprint density at radius 1 is 1.38 bits per heavy atom. The number of nitrogens with one attached hydrogen (secondary N) is 1. The first kappa shape index (κ1) is 11.1. The van der Waals surface area contributed by atoms with Crippen LogP contribution < -0.4 is 5.32 Å². The van der Waals surface area contributed by atoms with Crippen LogP contribution in [0, 0.1) is 12.7 Å². The van der Waals surface area contributed by atoms with Crippen molar-refractivity contribution in [2.75, 3.05) is 6.54 Å².